The number of methoxy groups -OCH3 is 1. The van der Waals surface area contributed by atoms with Crippen molar-refractivity contribution in [2.24, 2.45) is 5.73 Å². The summed E-state index contributed by atoms with van der Waals surface area (Å²) in [5.41, 5.74) is 5.63. The van der Waals surface area contributed by atoms with Crippen LogP contribution < -0.4 is 11.1 Å². The number of nitrogens with two attached hydrogens (primary N) is 1. The van der Waals surface area contributed by atoms with Crippen LogP contribution in [0.2, 0.25) is 0 Å². The van der Waals surface area contributed by atoms with Crippen LogP contribution in [0.1, 0.15) is 25.3 Å². The molecule has 0 aliphatic carbocycles. The zero-order valence-corrected chi connectivity index (χ0v) is 12.2. The third-order valence-electron chi connectivity index (χ3n) is 3.22. The highest BCUT2D eigenvalue weighted by atomic mass is 19.1. The van der Waals surface area contributed by atoms with Crippen LogP contribution >= 0.6 is 0 Å². The molecule has 0 bridgehead atoms. The van der Waals surface area contributed by atoms with Crippen LogP contribution in [0.15, 0.2) is 18.2 Å². The van der Waals surface area contributed by atoms with Gasteiger partial charge in [0.1, 0.15) is 11.6 Å². The SMILES string of the molecule is COCC(CCCN)NC(C)Cc1c(F)cccc1F. The zero-order chi connectivity index (χ0) is 15.0. The van der Waals surface area contributed by atoms with Gasteiger partial charge in [-0.1, -0.05) is 6.07 Å². The molecule has 2 atom stereocenters. The summed E-state index contributed by atoms with van der Waals surface area (Å²) in [4.78, 5) is 0. The molecule has 0 saturated heterocycles. The lowest BCUT2D eigenvalue weighted by molar-refractivity contribution is 0.156. The smallest absolute Gasteiger partial charge is 0.129 e. The van der Waals surface area contributed by atoms with Crippen LogP contribution in [0.3, 0.4) is 0 Å². The van der Waals surface area contributed by atoms with Gasteiger partial charge < -0.3 is 15.8 Å². The van der Waals surface area contributed by atoms with Crippen molar-refractivity contribution >= 4 is 0 Å². The molecule has 0 fully saturated rings. The van der Waals surface area contributed by atoms with E-state index in [0.29, 0.717) is 19.6 Å². The van der Waals surface area contributed by atoms with Gasteiger partial charge in [0.15, 0.2) is 0 Å². The van der Waals surface area contributed by atoms with Crippen molar-refractivity contribution in [1.29, 1.82) is 0 Å². The molecule has 1 aromatic carbocycles. The van der Waals surface area contributed by atoms with Crippen LogP contribution in [-0.2, 0) is 11.2 Å². The van der Waals surface area contributed by atoms with Crippen molar-refractivity contribution in [3.05, 3.63) is 35.4 Å². The summed E-state index contributed by atoms with van der Waals surface area (Å²) in [6, 6.07) is 4.05. The Labute approximate surface area is 119 Å². The molecule has 2 unspecified atom stereocenters. The van der Waals surface area contributed by atoms with E-state index in [1.165, 1.54) is 18.2 Å². The second kappa shape index (κ2) is 9.00. The minimum absolute atomic E-state index is 0.0423. The molecule has 0 aliphatic rings. The molecule has 0 spiro atoms. The Morgan fingerprint density at radius 2 is 1.95 bits per heavy atom. The Morgan fingerprint density at radius 3 is 2.50 bits per heavy atom. The van der Waals surface area contributed by atoms with E-state index in [1.807, 2.05) is 6.92 Å². The number of ether oxygens (including phenoxy) is 1. The van der Waals surface area contributed by atoms with Gasteiger partial charge in [-0.05, 0) is 44.9 Å². The maximum absolute atomic E-state index is 13.6. The van der Waals surface area contributed by atoms with Crippen LogP contribution in [0.5, 0.6) is 0 Å². The minimum Gasteiger partial charge on any atom is -0.383 e. The molecule has 0 heterocycles. The van der Waals surface area contributed by atoms with Gasteiger partial charge in [0.25, 0.3) is 0 Å². The lowest BCUT2D eigenvalue weighted by atomic mass is 10.0. The molecule has 0 amide bonds. The van der Waals surface area contributed by atoms with E-state index in [1.54, 1.807) is 7.11 Å². The summed E-state index contributed by atoms with van der Waals surface area (Å²) in [6.45, 7) is 3.10. The van der Waals surface area contributed by atoms with E-state index >= 15 is 0 Å². The highest BCUT2D eigenvalue weighted by Gasteiger charge is 2.16. The molecule has 3 N–H and O–H groups in total. The molecule has 1 rings (SSSR count). The number of rotatable bonds is 9. The molecule has 114 valence electrons. The topological polar surface area (TPSA) is 47.3 Å². The maximum atomic E-state index is 13.6. The molecular weight excluding hydrogens is 262 g/mol. The van der Waals surface area contributed by atoms with Gasteiger partial charge in [0.05, 0.1) is 6.61 Å². The number of hydrogen-bond donors (Lipinski definition) is 2. The third-order valence-corrected chi connectivity index (χ3v) is 3.22. The van der Waals surface area contributed by atoms with Crippen molar-refractivity contribution in [2.75, 3.05) is 20.3 Å². The fraction of sp³-hybridized carbons (Fsp3) is 0.600. The zero-order valence-electron chi connectivity index (χ0n) is 12.2. The summed E-state index contributed by atoms with van der Waals surface area (Å²) in [5, 5.41) is 3.34. The fourth-order valence-corrected chi connectivity index (χ4v) is 2.28. The van der Waals surface area contributed by atoms with Gasteiger partial charge in [0.2, 0.25) is 0 Å². The lowest BCUT2D eigenvalue weighted by Crippen LogP contribution is -2.41. The van der Waals surface area contributed by atoms with Gasteiger partial charge in [0, 0.05) is 24.8 Å². The molecule has 3 nitrogen and oxygen atoms in total. The predicted molar refractivity (Wildman–Crippen MR) is 76.6 cm³/mol. The van der Waals surface area contributed by atoms with E-state index in [9.17, 15) is 8.78 Å². The van der Waals surface area contributed by atoms with E-state index < -0.39 is 11.6 Å². The lowest BCUT2D eigenvalue weighted by Gasteiger charge is -2.23. The second-order valence-electron chi connectivity index (χ2n) is 5.06. The van der Waals surface area contributed by atoms with Crippen molar-refractivity contribution in [3.63, 3.8) is 0 Å². The first kappa shape index (κ1) is 17.0. The first-order valence-electron chi connectivity index (χ1n) is 6.96. The first-order chi connectivity index (χ1) is 9.58. The summed E-state index contributed by atoms with van der Waals surface area (Å²) in [7, 11) is 1.64. The summed E-state index contributed by atoms with van der Waals surface area (Å²) in [5.74, 6) is -0.993. The van der Waals surface area contributed by atoms with Crippen LogP contribution in [-0.4, -0.2) is 32.3 Å². The van der Waals surface area contributed by atoms with Crippen LogP contribution in [0.4, 0.5) is 8.78 Å². The fourth-order valence-electron chi connectivity index (χ4n) is 2.28. The summed E-state index contributed by atoms with van der Waals surface area (Å²) in [6.07, 6.45) is 2.08. The molecule has 0 aliphatic heterocycles. The molecule has 1 aromatic rings. The molecule has 0 aromatic heterocycles. The van der Waals surface area contributed by atoms with Gasteiger partial charge in [-0.25, -0.2) is 8.78 Å². The van der Waals surface area contributed by atoms with Gasteiger partial charge in [-0.2, -0.15) is 0 Å². The number of nitrogens with one attached hydrogen (secondary N) is 1. The van der Waals surface area contributed by atoms with E-state index in [0.717, 1.165) is 12.8 Å². The van der Waals surface area contributed by atoms with Gasteiger partial charge in [-0.3, -0.25) is 0 Å². The largest absolute Gasteiger partial charge is 0.383 e. The minimum atomic E-state index is -0.496. The number of hydrogen-bond acceptors (Lipinski definition) is 3. The van der Waals surface area contributed by atoms with Gasteiger partial charge in [-0.15, -0.1) is 0 Å². The Bertz CT molecular complexity index is 381. The number of halogens is 2. The number of benzene rings is 1. The van der Waals surface area contributed by atoms with Crippen molar-refractivity contribution in [1.82, 2.24) is 5.32 Å². The van der Waals surface area contributed by atoms with Crippen molar-refractivity contribution in [2.45, 2.75) is 38.3 Å². The maximum Gasteiger partial charge on any atom is 0.129 e. The molecule has 0 radical (unpaired) electrons. The third kappa shape index (κ3) is 5.53. The van der Waals surface area contributed by atoms with E-state index in [4.69, 9.17) is 10.5 Å². The molecule has 5 heteroatoms. The monoisotopic (exact) mass is 286 g/mol. The van der Waals surface area contributed by atoms with Crippen LogP contribution in [0, 0.1) is 11.6 Å². The average Bonchev–Trinajstić information content (AvgIpc) is 2.40. The Balaban J connectivity index is 2.58. The first-order valence-corrected chi connectivity index (χ1v) is 6.96. The summed E-state index contributed by atoms with van der Waals surface area (Å²) >= 11 is 0. The Morgan fingerprint density at radius 1 is 1.30 bits per heavy atom. The molecule has 20 heavy (non-hydrogen) atoms. The summed E-state index contributed by atoms with van der Waals surface area (Å²) < 4.78 is 32.3. The standard InChI is InChI=1S/C15H24F2N2O/c1-11(19-12(10-20-2)5-4-8-18)9-13-14(16)6-3-7-15(13)17/h3,6-7,11-12,19H,4-5,8-10,18H2,1-2H3. The Kier molecular flexibility index (Phi) is 7.65. The quantitative estimate of drug-likeness (QED) is 0.732. The predicted octanol–water partition coefficient (Wildman–Crippen LogP) is 2.24. The van der Waals surface area contributed by atoms with Crippen LogP contribution in [0.25, 0.3) is 0 Å². The Hall–Kier alpha value is -1.04. The molecular formula is C15H24F2N2O. The van der Waals surface area contributed by atoms with E-state index in [2.05, 4.69) is 5.32 Å². The van der Waals surface area contributed by atoms with Crippen molar-refractivity contribution < 1.29 is 13.5 Å². The normalized spacial score (nSPS) is 14.2. The van der Waals surface area contributed by atoms with Gasteiger partial charge >= 0.3 is 0 Å². The highest BCUT2D eigenvalue weighted by Crippen LogP contribution is 2.14. The molecule has 0 saturated carbocycles. The second-order valence-corrected chi connectivity index (χ2v) is 5.06. The van der Waals surface area contributed by atoms with Crippen molar-refractivity contribution in [3.8, 4) is 0 Å². The van der Waals surface area contributed by atoms with E-state index in [-0.39, 0.29) is 17.6 Å². The highest BCUT2D eigenvalue weighted by molar-refractivity contribution is 5.20. The average molecular weight is 286 g/mol.